The highest BCUT2D eigenvalue weighted by atomic mass is 32.1. The predicted molar refractivity (Wildman–Crippen MR) is 108 cm³/mol. The molecule has 6 nitrogen and oxygen atoms in total. The Morgan fingerprint density at radius 3 is 2.85 bits per heavy atom. The molecule has 0 saturated carbocycles. The van der Waals surface area contributed by atoms with Crippen molar-refractivity contribution in [3.05, 3.63) is 34.8 Å². The van der Waals surface area contributed by atoms with Gasteiger partial charge in [-0.15, -0.1) is 10.2 Å². The van der Waals surface area contributed by atoms with Crippen molar-refractivity contribution >= 4 is 34.0 Å². The Morgan fingerprint density at radius 1 is 1.26 bits per heavy atom. The van der Waals surface area contributed by atoms with Crippen LogP contribution in [0.15, 0.2) is 24.3 Å². The van der Waals surface area contributed by atoms with Crippen molar-refractivity contribution in [2.75, 3.05) is 16.8 Å². The van der Waals surface area contributed by atoms with E-state index in [1.54, 1.807) is 4.90 Å². The van der Waals surface area contributed by atoms with E-state index in [1.165, 1.54) is 17.8 Å². The molecule has 27 heavy (non-hydrogen) atoms. The summed E-state index contributed by atoms with van der Waals surface area (Å²) in [7, 11) is 0. The molecule has 1 aliphatic heterocycles. The van der Waals surface area contributed by atoms with Crippen molar-refractivity contribution in [3.63, 3.8) is 0 Å². The van der Waals surface area contributed by atoms with Crippen LogP contribution in [0.1, 0.15) is 50.1 Å². The van der Waals surface area contributed by atoms with Gasteiger partial charge in [0.1, 0.15) is 5.01 Å². The van der Waals surface area contributed by atoms with Crippen LogP contribution in [0, 0.1) is 5.92 Å². The van der Waals surface area contributed by atoms with Crippen molar-refractivity contribution in [1.82, 2.24) is 10.2 Å². The molecule has 144 valence electrons. The van der Waals surface area contributed by atoms with E-state index in [0.717, 1.165) is 41.9 Å². The van der Waals surface area contributed by atoms with Crippen molar-refractivity contribution in [2.24, 2.45) is 5.92 Å². The summed E-state index contributed by atoms with van der Waals surface area (Å²) < 4.78 is 0. The van der Waals surface area contributed by atoms with Crippen molar-refractivity contribution in [1.29, 1.82) is 0 Å². The molecule has 2 aromatic rings. The molecule has 1 N–H and O–H groups in total. The maximum atomic E-state index is 12.6. The number of aromatic nitrogens is 2. The van der Waals surface area contributed by atoms with Gasteiger partial charge in [0.25, 0.3) is 0 Å². The molecular weight excluding hydrogens is 360 g/mol. The number of nitrogens with one attached hydrogen (secondary N) is 1. The average molecular weight is 387 g/mol. The zero-order valence-electron chi connectivity index (χ0n) is 15.9. The largest absolute Gasteiger partial charge is 0.311 e. The van der Waals surface area contributed by atoms with Gasteiger partial charge in [0.15, 0.2) is 0 Å². The number of para-hydroxylation sites is 1. The van der Waals surface area contributed by atoms with Gasteiger partial charge in [0, 0.05) is 25.1 Å². The Hall–Kier alpha value is -2.28. The standard InChI is InChI=1S/C20H26N4O2S/c1-3-5-6-11-17-22-23-20(27-17)21-19(26)15-12-18(25)24(13-15)16-10-8-7-9-14(16)4-2/h7-10,15H,3-6,11-13H2,1-2H3,(H,21,23,26). The minimum absolute atomic E-state index is 0.00596. The molecule has 1 aliphatic rings. The fourth-order valence-electron chi connectivity index (χ4n) is 3.33. The predicted octanol–water partition coefficient (Wildman–Crippen LogP) is 3.82. The number of carbonyl (C=O) groups is 2. The molecule has 2 heterocycles. The third kappa shape index (κ3) is 4.71. The Balaban J connectivity index is 1.61. The molecule has 1 saturated heterocycles. The zero-order valence-corrected chi connectivity index (χ0v) is 16.7. The van der Waals surface area contributed by atoms with Crippen molar-refractivity contribution < 1.29 is 9.59 Å². The maximum absolute atomic E-state index is 12.6. The number of hydrogen-bond donors (Lipinski definition) is 1. The number of unbranched alkanes of at least 4 members (excludes halogenated alkanes) is 2. The van der Waals surface area contributed by atoms with Gasteiger partial charge in [0.2, 0.25) is 16.9 Å². The summed E-state index contributed by atoms with van der Waals surface area (Å²) in [6.07, 6.45) is 5.39. The first kappa shape index (κ1) is 19.5. The molecule has 0 radical (unpaired) electrons. The smallest absolute Gasteiger partial charge is 0.231 e. The van der Waals surface area contributed by atoms with E-state index in [1.807, 2.05) is 24.3 Å². The van der Waals surface area contributed by atoms with E-state index >= 15 is 0 Å². The van der Waals surface area contributed by atoms with Gasteiger partial charge in [-0.25, -0.2) is 0 Å². The third-order valence-electron chi connectivity index (χ3n) is 4.85. The van der Waals surface area contributed by atoms with Crippen LogP contribution in [0.2, 0.25) is 0 Å². The van der Waals surface area contributed by atoms with Gasteiger partial charge < -0.3 is 10.2 Å². The van der Waals surface area contributed by atoms with E-state index in [2.05, 4.69) is 29.4 Å². The van der Waals surface area contributed by atoms with Crippen LogP contribution in [0.25, 0.3) is 0 Å². The fraction of sp³-hybridized carbons (Fsp3) is 0.500. The lowest BCUT2D eigenvalue weighted by Gasteiger charge is -2.19. The van der Waals surface area contributed by atoms with Crippen molar-refractivity contribution in [2.45, 2.75) is 52.4 Å². The first-order chi connectivity index (χ1) is 13.1. The quantitative estimate of drug-likeness (QED) is 0.700. The molecule has 2 amide bonds. The lowest BCUT2D eigenvalue weighted by atomic mass is 10.1. The number of aryl methyl sites for hydroxylation is 2. The fourth-order valence-corrected chi connectivity index (χ4v) is 4.11. The summed E-state index contributed by atoms with van der Waals surface area (Å²) in [5.41, 5.74) is 2.03. The monoisotopic (exact) mass is 386 g/mol. The van der Waals surface area contributed by atoms with Crippen LogP contribution in [-0.2, 0) is 22.4 Å². The first-order valence-electron chi connectivity index (χ1n) is 9.63. The van der Waals surface area contributed by atoms with Gasteiger partial charge >= 0.3 is 0 Å². The minimum atomic E-state index is -0.366. The molecule has 1 aromatic heterocycles. The van der Waals surface area contributed by atoms with Crippen molar-refractivity contribution in [3.8, 4) is 0 Å². The lowest BCUT2D eigenvalue weighted by Crippen LogP contribution is -2.28. The van der Waals surface area contributed by atoms with E-state index < -0.39 is 0 Å². The normalized spacial score (nSPS) is 16.7. The second-order valence-corrected chi connectivity index (χ2v) is 7.90. The highest BCUT2D eigenvalue weighted by Gasteiger charge is 2.36. The van der Waals surface area contributed by atoms with Crippen LogP contribution in [0.5, 0.6) is 0 Å². The highest BCUT2D eigenvalue weighted by molar-refractivity contribution is 7.15. The number of carbonyl (C=O) groups excluding carboxylic acids is 2. The Kier molecular flexibility index (Phi) is 6.55. The third-order valence-corrected chi connectivity index (χ3v) is 5.75. The molecule has 0 spiro atoms. The number of hydrogen-bond acceptors (Lipinski definition) is 5. The summed E-state index contributed by atoms with van der Waals surface area (Å²) in [6, 6.07) is 7.87. The van der Waals surface area contributed by atoms with E-state index in [0.29, 0.717) is 11.7 Å². The molecule has 3 rings (SSSR count). The van der Waals surface area contributed by atoms with E-state index in [4.69, 9.17) is 0 Å². The van der Waals surface area contributed by atoms with E-state index in [9.17, 15) is 9.59 Å². The van der Waals surface area contributed by atoms with Crippen LogP contribution >= 0.6 is 11.3 Å². The molecular formula is C20H26N4O2S. The second-order valence-electron chi connectivity index (χ2n) is 6.83. The average Bonchev–Trinajstić information content (AvgIpc) is 3.28. The summed E-state index contributed by atoms with van der Waals surface area (Å²) >= 11 is 1.42. The summed E-state index contributed by atoms with van der Waals surface area (Å²) in [6.45, 7) is 4.64. The number of rotatable bonds is 8. The molecule has 0 aliphatic carbocycles. The zero-order chi connectivity index (χ0) is 19.2. The van der Waals surface area contributed by atoms with Gasteiger partial charge in [-0.05, 0) is 24.5 Å². The number of nitrogens with zero attached hydrogens (tertiary/aromatic N) is 3. The topological polar surface area (TPSA) is 75.2 Å². The Labute approximate surface area is 164 Å². The molecule has 0 bridgehead atoms. The summed E-state index contributed by atoms with van der Waals surface area (Å²) in [5, 5.41) is 12.5. The molecule has 1 unspecified atom stereocenters. The number of amides is 2. The van der Waals surface area contributed by atoms with Gasteiger partial charge in [-0.1, -0.05) is 56.2 Å². The van der Waals surface area contributed by atoms with Crippen LogP contribution in [0.3, 0.4) is 0 Å². The molecule has 7 heteroatoms. The molecule has 1 atom stereocenters. The maximum Gasteiger partial charge on any atom is 0.231 e. The molecule has 1 aromatic carbocycles. The molecule has 1 fully saturated rings. The van der Waals surface area contributed by atoms with Crippen LogP contribution in [-0.4, -0.2) is 28.6 Å². The van der Waals surface area contributed by atoms with Crippen LogP contribution < -0.4 is 10.2 Å². The van der Waals surface area contributed by atoms with Gasteiger partial charge in [-0.2, -0.15) is 0 Å². The minimum Gasteiger partial charge on any atom is -0.311 e. The highest BCUT2D eigenvalue weighted by Crippen LogP contribution is 2.29. The second kappa shape index (κ2) is 9.08. The summed E-state index contributed by atoms with van der Waals surface area (Å²) in [4.78, 5) is 26.8. The van der Waals surface area contributed by atoms with E-state index in [-0.39, 0.29) is 24.2 Å². The first-order valence-corrected chi connectivity index (χ1v) is 10.5. The van der Waals surface area contributed by atoms with Gasteiger partial charge in [-0.3, -0.25) is 9.59 Å². The van der Waals surface area contributed by atoms with Gasteiger partial charge in [0.05, 0.1) is 5.92 Å². The SMILES string of the molecule is CCCCCc1nnc(NC(=O)C2CC(=O)N(c3ccccc3CC)C2)s1. The summed E-state index contributed by atoms with van der Waals surface area (Å²) in [5.74, 6) is -0.528. The number of anilines is 2. The number of benzene rings is 1. The lowest BCUT2D eigenvalue weighted by molar-refractivity contribution is -0.122. The Bertz CT molecular complexity index is 805. The Morgan fingerprint density at radius 2 is 2.07 bits per heavy atom. The van der Waals surface area contributed by atoms with Crippen LogP contribution in [0.4, 0.5) is 10.8 Å².